The van der Waals surface area contributed by atoms with E-state index in [1.165, 1.54) is 7.11 Å². The third-order valence-electron chi connectivity index (χ3n) is 3.23. The molecule has 2 N–H and O–H groups in total. The third-order valence-corrected chi connectivity index (χ3v) is 3.23. The molecular weight excluding hydrogens is 296 g/mol. The number of alkyl carbamates (subject to hydrolysis) is 1. The zero-order valence-corrected chi connectivity index (χ0v) is 13.9. The van der Waals surface area contributed by atoms with E-state index in [2.05, 4.69) is 10.3 Å². The third kappa shape index (κ3) is 4.74. The number of aromatic nitrogens is 1. The van der Waals surface area contributed by atoms with Gasteiger partial charge in [-0.2, -0.15) is 0 Å². The minimum Gasteiger partial charge on any atom is -0.469 e. The van der Waals surface area contributed by atoms with Crippen LogP contribution in [0.15, 0.2) is 24.4 Å². The predicted molar refractivity (Wildman–Crippen MR) is 87.1 cm³/mol. The minimum absolute atomic E-state index is 0.208. The van der Waals surface area contributed by atoms with E-state index in [1.54, 1.807) is 6.20 Å². The Balaban J connectivity index is 2.08. The number of hydrogen-bond acceptors (Lipinski definition) is 4. The molecule has 6 heteroatoms. The number of ether oxygens (including phenoxy) is 2. The molecule has 0 atom stereocenters. The number of amides is 1. The highest BCUT2D eigenvalue weighted by molar-refractivity contribution is 5.87. The first kappa shape index (κ1) is 16.9. The lowest BCUT2D eigenvalue weighted by molar-refractivity contribution is -0.139. The summed E-state index contributed by atoms with van der Waals surface area (Å²) in [7, 11) is 1.37. The maximum atomic E-state index is 11.7. The van der Waals surface area contributed by atoms with Gasteiger partial charge < -0.3 is 19.8 Å². The van der Waals surface area contributed by atoms with Gasteiger partial charge in [-0.3, -0.25) is 4.79 Å². The van der Waals surface area contributed by atoms with E-state index in [9.17, 15) is 9.59 Å². The van der Waals surface area contributed by atoms with Crippen molar-refractivity contribution < 1.29 is 19.1 Å². The molecule has 0 bridgehead atoms. The Hall–Kier alpha value is -2.50. The molecular formula is C17H22N2O4. The van der Waals surface area contributed by atoms with Gasteiger partial charge >= 0.3 is 12.1 Å². The number of nitrogens with one attached hydrogen (secondary N) is 2. The Kier molecular flexibility index (Phi) is 4.93. The normalized spacial score (nSPS) is 11.3. The largest absolute Gasteiger partial charge is 0.469 e. The summed E-state index contributed by atoms with van der Waals surface area (Å²) in [5.41, 5.74) is 2.20. The van der Waals surface area contributed by atoms with Crippen LogP contribution in [-0.4, -0.2) is 29.8 Å². The van der Waals surface area contributed by atoms with Gasteiger partial charge in [-0.05, 0) is 44.0 Å². The van der Waals surface area contributed by atoms with Gasteiger partial charge in [0, 0.05) is 23.6 Å². The quantitative estimate of drug-likeness (QED) is 0.849. The molecule has 124 valence electrons. The first-order chi connectivity index (χ1) is 10.8. The van der Waals surface area contributed by atoms with Crippen molar-refractivity contribution in [2.75, 3.05) is 7.11 Å². The second kappa shape index (κ2) is 6.73. The molecule has 6 nitrogen and oxygen atoms in total. The van der Waals surface area contributed by atoms with Gasteiger partial charge in [0.25, 0.3) is 0 Å². The summed E-state index contributed by atoms with van der Waals surface area (Å²) >= 11 is 0. The van der Waals surface area contributed by atoms with Gasteiger partial charge in [-0.25, -0.2) is 4.79 Å². The summed E-state index contributed by atoms with van der Waals surface area (Å²) < 4.78 is 9.91. The topological polar surface area (TPSA) is 80.4 Å². The van der Waals surface area contributed by atoms with E-state index in [1.807, 2.05) is 39.0 Å². The Morgan fingerprint density at radius 3 is 2.65 bits per heavy atom. The first-order valence-electron chi connectivity index (χ1n) is 7.41. The molecule has 0 aliphatic heterocycles. The van der Waals surface area contributed by atoms with Crippen molar-refractivity contribution in [1.82, 2.24) is 10.3 Å². The number of benzene rings is 1. The molecule has 0 saturated carbocycles. The number of rotatable bonds is 4. The van der Waals surface area contributed by atoms with Crippen LogP contribution >= 0.6 is 0 Å². The fraction of sp³-hybridized carbons (Fsp3) is 0.412. The summed E-state index contributed by atoms with van der Waals surface area (Å²) in [6, 6.07) is 5.78. The fourth-order valence-corrected chi connectivity index (χ4v) is 2.20. The van der Waals surface area contributed by atoms with Crippen LogP contribution in [-0.2, 0) is 27.2 Å². The van der Waals surface area contributed by atoms with E-state index in [0.29, 0.717) is 6.54 Å². The van der Waals surface area contributed by atoms with Crippen molar-refractivity contribution >= 4 is 23.0 Å². The number of H-pyrrole nitrogens is 1. The van der Waals surface area contributed by atoms with Gasteiger partial charge in [-0.1, -0.05) is 6.07 Å². The van der Waals surface area contributed by atoms with Crippen LogP contribution in [0.2, 0.25) is 0 Å². The van der Waals surface area contributed by atoms with E-state index >= 15 is 0 Å². The number of aromatic amines is 1. The fourth-order valence-electron chi connectivity index (χ4n) is 2.20. The SMILES string of the molecule is COC(=O)Cc1c[nH]c2ccc(CNC(=O)OC(C)(C)C)cc12. The summed E-state index contributed by atoms with van der Waals surface area (Å²) in [5, 5.41) is 3.66. The Morgan fingerprint density at radius 1 is 1.26 bits per heavy atom. The van der Waals surface area contributed by atoms with E-state index in [-0.39, 0.29) is 12.4 Å². The number of esters is 1. The molecule has 1 aromatic heterocycles. The highest BCUT2D eigenvalue weighted by Gasteiger charge is 2.16. The van der Waals surface area contributed by atoms with E-state index < -0.39 is 11.7 Å². The van der Waals surface area contributed by atoms with Gasteiger partial charge in [0.05, 0.1) is 13.5 Å². The molecule has 0 fully saturated rings. The number of fused-ring (bicyclic) bond motifs is 1. The summed E-state index contributed by atoms with van der Waals surface area (Å²) in [6.45, 7) is 5.81. The van der Waals surface area contributed by atoms with Crippen molar-refractivity contribution in [3.63, 3.8) is 0 Å². The lowest BCUT2D eigenvalue weighted by Crippen LogP contribution is -2.32. The Morgan fingerprint density at radius 2 is 2.00 bits per heavy atom. The molecule has 0 saturated heterocycles. The van der Waals surface area contributed by atoms with Crippen LogP contribution in [0, 0.1) is 0 Å². The van der Waals surface area contributed by atoms with Crippen LogP contribution in [0.25, 0.3) is 10.9 Å². The molecule has 0 aliphatic carbocycles. The Bertz CT molecular complexity index is 713. The molecule has 0 radical (unpaired) electrons. The molecule has 2 rings (SSSR count). The zero-order valence-electron chi connectivity index (χ0n) is 13.9. The number of carbonyl (C=O) groups is 2. The van der Waals surface area contributed by atoms with Crippen molar-refractivity contribution in [2.45, 2.75) is 39.3 Å². The average Bonchev–Trinajstić information content (AvgIpc) is 2.85. The second-order valence-electron chi connectivity index (χ2n) is 6.30. The molecule has 1 amide bonds. The van der Waals surface area contributed by atoms with Crippen molar-refractivity contribution in [3.8, 4) is 0 Å². The monoisotopic (exact) mass is 318 g/mol. The molecule has 1 aromatic carbocycles. The minimum atomic E-state index is -0.525. The molecule has 2 aromatic rings. The highest BCUT2D eigenvalue weighted by atomic mass is 16.6. The summed E-state index contributed by atoms with van der Waals surface area (Å²) in [5.74, 6) is -0.289. The van der Waals surface area contributed by atoms with E-state index in [4.69, 9.17) is 9.47 Å². The van der Waals surface area contributed by atoms with Crippen LogP contribution in [0.3, 0.4) is 0 Å². The molecule has 0 aliphatic rings. The Labute approximate surface area is 135 Å². The van der Waals surface area contributed by atoms with Crippen LogP contribution in [0.4, 0.5) is 4.79 Å². The smallest absolute Gasteiger partial charge is 0.407 e. The average molecular weight is 318 g/mol. The van der Waals surface area contributed by atoms with E-state index in [0.717, 1.165) is 22.0 Å². The molecule has 0 spiro atoms. The standard InChI is InChI=1S/C17H22N2O4/c1-17(2,3)23-16(21)19-9-11-5-6-14-13(7-11)12(10-18-14)8-15(20)22-4/h5-7,10,18H,8-9H2,1-4H3,(H,19,21). The van der Waals surface area contributed by atoms with Gasteiger partial charge in [0.1, 0.15) is 5.60 Å². The molecule has 1 heterocycles. The second-order valence-corrected chi connectivity index (χ2v) is 6.30. The van der Waals surface area contributed by atoms with Gasteiger partial charge in [0.2, 0.25) is 0 Å². The number of hydrogen-bond donors (Lipinski definition) is 2. The summed E-state index contributed by atoms with van der Waals surface area (Å²) in [6.07, 6.45) is 1.55. The predicted octanol–water partition coefficient (Wildman–Crippen LogP) is 2.91. The van der Waals surface area contributed by atoms with Crippen molar-refractivity contribution in [2.24, 2.45) is 0 Å². The van der Waals surface area contributed by atoms with Crippen LogP contribution in [0.1, 0.15) is 31.9 Å². The highest BCUT2D eigenvalue weighted by Crippen LogP contribution is 2.21. The lowest BCUT2D eigenvalue weighted by atomic mass is 10.1. The van der Waals surface area contributed by atoms with Gasteiger partial charge in [-0.15, -0.1) is 0 Å². The summed E-state index contributed by atoms with van der Waals surface area (Å²) in [4.78, 5) is 26.3. The van der Waals surface area contributed by atoms with Crippen molar-refractivity contribution in [3.05, 3.63) is 35.5 Å². The van der Waals surface area contributed by atoms with Crippen molar-refractivity contribution in [1.29, 1.82) is 0 Å². The number of carbonyl (C=O) groups excluding carboxylic acids is 2. The molecule has 23 heavy (non-hydrogen) atoms. The molecule has 0 unspecified atom stereocenters. The maximum Gasteiger partial charge on any atom is 0.407 e. The van der Waals surface area contributed by atoms with Gasteiger partial charge in [0.15, 0.2) is 0 Å². The van der Waals surface area contributed by atoms with Crippen LogP contribution in [0.5, 0.6) is 0 Å². The lowest BCUT2D eigenvalue weighted by Gasteiger charge is -2.19. The first-order valence-corrected chi connectivity index (χ1v) is 7.41. The zero-order chi connectivity index (χ0) is 17.0. The number of methoxy groups -OCH3 is 1. The van der Waals surface area contributed by atoms with Crippen LogP contribution < -0.4 is 5.32 Å². The maximum absolute atomic E-state index is 11.7.